The molecule has 8 rings (SSSR count). The fourth-order valence-electron chi connectivity index (χ4n) is 5.34. The highest BCUT2D eigenvalue weighted by molar-refractivity contribution is 6.23. The van der Waals surface area contributed by atoms with Crippen LogP contribution in [0.15, 0.2) is 121 Å². The smallest absolute Gasteiger partial charge is 0.00268 e. The second-order valence-corrected chi connectivity index (χ2v) is 8.58. The summed E-state index contributed by atoms with van der Waals surface area (Å²) in [6.45, 7) is 0. The summed E-state index contributed by atoms with van der Waals surface area (Å²) >= 11 is 0. The third-order valence-corrected chi connectivity index (χ3v) is 6.79. The van der Waals surface area contributed by atoms with Gasteiger partial charge in [-0.05, 0) is 64.6 Å². The normalized spacial score (nSPS) is 11.8. The average molecular weight is 405 g/mol. The van der Waals surface area contributed by atoms with Crippen LogP contribution in [0.5, 0.6) is 0 Å². The highest BCUT2D eigenvalue weighted by Crippen LogP contribution is 2.35. The molecule has 0 aliphatic rings. The molecule has 0 aliphatic carbocycles. The lowest BCUT2D eigenvalue weighted by molar-refractivity contribution is 1.78. The van der Waals surface area contributed by atoms with E-state index in [2.05, 4.69) is 121 Å². The molecule has 0 aliphatic heterocycles. The van der Waals surface area contributed by atoms with Gasteiger partial charge in [0, 0.05) is 0 Å². The van der Waals surface area contributed by atoms with Crippen LogP contribution in [0.2, 0.25) is 0 Å². The zero-order chi connectivity index (χ0) is 21.1. The van der Waals surface area contributed by atoms with E-state index in [0.717, 1.165) is 0 Å². The van der Waals surface area contributed by atoms with Gasteiger partial charge in [-0.15, -0.1) is 0 Å². The first-order valence-corrected chi connectivity index (χ1v) is 11.1. The van der Waals surface area contributed by atoms with Crippen LogP contribution in [0.1, 0.15) is 0 Å². The first-order chi connectivity index (χ1) is 15.9. The molecule has 0 N–H and O–H groups in total. The zero-order valence-corrected chi connectivity index (χ0v) is 17.5. The first kappa shape index (κ1) is 17.5. The molecule has 0 amide bonds. The predicted octanol–water partition coefficient (Wildman–Crippen LogP) is 9.17. The lowest BCUT2D eigenvalue weighted by atomic mass is 9.95. The molecule has 0 spiro atoms. The Morgan fingerprint density at radius 3 is 0.500 bits per heavy atom. The van der Waals surface area contributed by atoms with Gasteiger partial charge < -0.3 is 0 Å². The number of rotatable bonds is 0. The van der Waals surface area contributed by atoms with Gasteiger partial charge in [0.05, 0.1) is 0 Å². The fourth-order valence-corrected chi connectivity index (χ4v) is 5.34. The Bertz CT molecular complexity index is 1470. The van der Waals surface area contributed by atoms with Crippen LogP contribution >= 0.6 is 0 Å². The number of hydrogen-bond donors (Lipinski definition) is 0. The monoisotopic (exact) mass is 404 g/mol. The van der Waals surface area contributed by atoms with Crippen molar-refractivity contribution in [3.8, 4) is 0 Å². The van der Waals surface area contributed by atoms with E-state index in [9.17, 15) is 0 Å². The van der Waals surface area contributed by atoms with E-state index in [1.807, 2.05) is 0 Å². The molecule has 32 heavy (non-hydrogen) atoms. The second-order valence-electron chi connectivity index (χ2n) is 8.58. The summed E-state index contributed by atoms with van der Waals surface area (Å²) in [5.41, 5.74) is 0. The van der Waals surface area contributed by atoms with Gasteiger partial charge in [0.15, 0.2) is 0 Å². The Morgan fingerprint density at radius 2 is 0.344 bits per heavy atom. The van der Waals surface area contributed by atoms with Crippen LogP contribution in [0.25, 0.3) is 64.6 Å². The summed E-state index contributed by atoms with van der Waals surface area (Å²) in [6, 6.07) is 43.7. The quantitative estimate of drug-likeness (QED) is 0.221. The molecular formula is C32H20. The van der Waals surface area contributed by atoms with Gasteiger partial charge in [0.1, 0.15) is 0 Å². The molecule has 0 radical (unpaired) electrons. The van der Waals surface area contributed by atoms with E-state index in [1.54, 1.807) is 0 Å². The lowest BCUT2D eigenvalue weighted by Crippen LogP contribution is -1.82. The Kier molecular flexibility index (Phi) is 3.65. The number of hydrogen-bond acceptors (Lipinski definition) is 0. The van der Waals surface area contributed by atoms with Crippen molar-refractivity contribution in [1.29, 1.82) is 0 Å². The predicted molar refractivity (Wildman–Crippen MR) is 140 cm³/mol. The van der Waals surface area contributed by atoms with Gasteiger partial charge >= 0.3 is 0 Å². The molecule has 0 fully saturated rings. The van der Waals surface area contributed by atoms with Gasteiger partial charge in [-0.1, -0.05) is 121 Å². The Morgan fingerprint density at radius 1 is 0.188 bits per heavy atom. The van der Waals surface area contributed by atoms with Crippen LogP contribution < -0.4 is 0 Å². The van der Waals surface area contributed by atoms with Crippen molar-refractivity contribution in [2.75, 3.05) is 0 Å². The molecule has 0 unspecified atom stereocenters. The summed E-state index contributed by atoms with van der Waals surface area (Å²) in [7, 11) is 0. The molecule has 0 atom stereocenters. The summed E-state index contributed by atoms with van der Waals surface area (Å²) in [5, 5.41) is 16.3. The standard InChI is InChI=1S/2C16H10/c2*1-3-11-7-9-13-5-2-6-14-10-8-12(4-1)15(11)16(13)14/h2*1-10H. The topological polar surface area (TPSA) is 0 Å². The maximum absolute atomic E-state index is 2.21. The Labute approximate surface area is 186 Å². The van der Waals surface area contributed by atoms with Crippen molar-refractivity contribution in [3.05, 3.63) is 121 Å². The minimum Gasteiger partial charge on any atom is -0.0610 e. The van der Waals surface area contributed by atoms with Crippen LogP contribution in [0.3, 0.4) is 0 Å². The minimum absolute atomic E-state index is 1.34. The van der Waals surface area contributed by atoms with Gasteiger partial charge in [0.2, 0.25) is 0 Å². The third kappa shape index (κ3) is 2.50. The highest BCUT2D eigenvalue weighted by atomic mass is 14.1. The molecule has 0 nitrogen and oxygen atoms in total. The largest absolute Gasteiger partial charge is 0.0610 e. The maximum atomic E-state index is 2.21. The minimum atomic E-state index is 1.34. The van der Waals surface area contributed by atoms with Crippen molar-refractivity contribution in [1.82, 2.24) is 0 Å². The average Bonchev–Trinajstić information content (AvgIpc) is 2.87. The summed E-state index contributed by atoms with van der Waals surface area (Å²) in [5.74, 6) is 0. The van der Waals surface area contributed by atoms with Crippen molar-refractivity contribution >= 4 is 64.6 Å². The molecule has 0 heterocycles. The van der Waals surface area contributed by atoms with Crippen LogP contribution in [0.4, 0.5) is 0 Å². The molecule has 148 valence electrons. The molecule has 8 aromatic rings. The molecule has 0 saturated heterocycles. The number of benzene rings is 8. The molecular weight excluding hydrogens is 384 g/mol. The van der Waals surface area contributed by atoms with Gasteiger partial charge in [-0.2, -0.15) is 0 Å². The molecule has 0 saturated carbocycles. The van der Waals surface area contributed by atoms with Crippen molar-refractivity contribution in [2.24, 2.45) is 0 Å². The van der Waals surface area contributed by atoms with E-state index >= 15 is 0 Å². The molecule has 0 aromatic heterocycles. The van der Waals surface area contributed by atoms with E-state index in [1.165, 1.54) is 64.6 Å². The van der Waals surface area contributed by atoms with Crippen LogP contribution in [-0.4, -0.2) is 0 Å². The van der Waals surface area contributed by atoms with Gasteiger partial charge in [0.25, 0.3) is 0 Å². The van der Waals surface area contributed by atoms with E-state index in [-0.39, 0.29) is 0 Å². The molecule has 0 heteroatoms. The maximum Gasteiger partial charge on any atom is -0.00268 e. The zero-order valence-electron chi connectivity index (χ0n) is 17.5. The van der Waals surface area contributed by atoms with E-state index < -0.39 is 0 Å². The SMILES string of the molecule is c1cc2ccc3cccc4ccc(c1)c2c34.c1cc2ccc3cccc4ccc(c1)c2c34. The van der Waals surface area contributed by atoms with Gasteiger partial charge in [-0.25, -0.2) is 0 Å². The van der Waals surface area contributed by atoms with Crippen molar-refractivity contribution < 1.29 is 0 Å². The van der Waals surface area contributed by atoms with Crippen molar-refractivity contribution in [3.63, 3.8) is 0 Å². The highest BCUT2D eigenvalue weighted by Gasteiger charge is 2.07. The summed E-state index contributed by atoms with van der Waals surface area (Å²) in [4.78, 5) is 0. The fraction of sp³-hybridized carbons (Fsp3) is 0. The van der Waals surface area contributed by atoms with Crippen LogP contribution in [0, 0.1) is 0 Å². The summed E-state index contributed by atoms with van der Waals surface area (Å²) in [6.07, 6.45) is 0. The second kappa shape index (κ2) is 6.67. The third-order valence-electron chi connectivity index (χ3n) is 6.79. The van der Waals surface area contributed by atoms with Crippen LogP contribution in [-0.2, 0) is 0 Å². The van der Waals surface area contributed by atoms with E-state index in [4.69, 9.17) is 0 Å². The van der Waals surface area contributed by atoms with Gasteiger partial charge in [-0.3, -0.25) is 0 Å². The Hall–Kier alpha value is -4.16. The Balaban J connectivity index is 0.000000113. The molecule has 0 bridgehead atoms. The first-order valence-electron chi connectivity index (χ1n) is 11.1. The summed E-state index contributed by atoms with van der Waals surface area (Å²) < 4.78 is 0. The van der Waals surface area contributed by atoms with Crippen molar-refractivity contribution in [2.45, 2.75) is 0 Å². The lowest BCUT2D eigenvalue weighted by Gasteiger charge is -2.09. The van der Waals surface area contributed by atoms with E-state index in [0.29, 0.717) is 0 Å². The molecule has 8 aromatic carbocycles.